The van der Waals surface area contributed by atoms with Gasteiger partial charge in [0.05, 0.1) is 24.9 Å². The SMILES string of the molecule is CC(=O)Nc1ccsc1CNC(C)C(=O)N1CCOCC1. The molecule has 1 fully saturated rings. The second-order valence-electron chi connectivity index (χ2n) is 4.98. The van der Waals surface area contributed by atoms with Gasteiger partial charge < -0.3 is 20.3 Å². The summed E-state index contributed by atoms with van der Waals surface area (Å²) in [6, 6.07) is 1.62. The van der Waals surface area contributed by atoms with Gasteiger partial charge in [0.25, 0.3) is 0 Å². The molecule has 0 aromatic carbocycles. The second kappa shape index (κ2) is 7.53. The van der Waals surface area contributed by atoms with Crippen LogP contribution in [0.3, 0.4) is 0 Å². The van der Waals surface area contributed by atoms with Gasteiger partial charge in [0.2, 0.25) is 11.8 Å². The van der Waals surface area contributed by atoms with E-state index in [1.807, 2.05) is 23.3 Å². The minimum absolute atomic E-state index is 0.0907. The molecule has 1 aromatic rings. The summed E-state index contributed by atoms with van der Waals surface area (Å²) in [4.78, 5) is 26.2. The van der Waals surface area contributed by atoms with Crippen molar-refractivity contribution in [3.63, 3.8) is 0 Å². The Kier molecular flexibility index (Phi) is 5.72. The van der Waals surface area contributed by atoms with Crippen LogP contribution in [0.25, 0.3) is 0 Å². The van der Waals surface area contributed by atoms with E-state index in [0.29, 0.717) is 32.8 Å². The van der Waals surface area contributed by atoms with Crippen LogP contribution in [-0.4, -0.2) is 49.1 Å². The zero-order valence-electron chi connectivity index (χ0n) is 12.3. The number of amides is 2. The van der Waals surface area contributed by atoms with Gasteiger partial charge in [0, 0.05) is 31.4 Å². The molecule has 1 aromatic heterocycles. The molecule has 7 heteroatoms. The molecule has 1 atom stereocenters. The zero-order valence-corrected chi connectivity index (χ0v) is 13.2. The normalized spacial score (nSPS) is 16.6. The molecule has 2 rings (SSSR count). The highest BCUT2D eigenvalue weighted by Crippen LogP contribution is 2.22. The van der Waals surface area contributed by atoms with Crippen LogP contribution in [-0.2, 0) is 20.9 Å². The van der Waals surface area contributed by atoms with Crippen molar-refractivity contribution in [3.8, 4) is 0 Å². The number of carbonyl (C=O) groups excluding carboxylic acids is 2. The van der Waals surface area contributed by atoms with Crippen molar-refractivity contribution in [3.05, 3.63) is 16.3 Å². The van der Waals surface area contributed by atoms with Gasteiger partial charge in [-0.3, -0.25) is 9.59 Å². The molecule has 6 nitrogen and oxygen atoms in total. The minimum atomic E-state index is -0.254. The zero-order chi connectivity index (χ0) is 15.2. The van der Waals surface area contributed by atoms with Crippen molar-refractivity contribution in [2.75, 3.05) is 31.6 Å². The van der Waals surface area contributed by atoms with E-state index in [4.69, 9.17) is 4.74 Å². The number of anilines is 1. The lowest BCUT2D eigenvalue weighted by Crippen LogP contribution is -2.49. The number of hydrogen-bond donors (Lipinski definition) is 2. The van der Waals surface area contributed by atoms with E-state index in [0.717, 1.165) is 10.6 Å². The predicted octanol–water partition coefficient (Wildman–Crippen LogP) is 1.04. The fraction of sp³-hybridized carbons (Fsp3) is 0.571. The average molecular weight is 311 g/mol. The molecular weight excluding hydrogens is 290 g/mol. The highest BCUT2D eigenvalue weighted by Gasteiger charge is 2.22. The fourth-order valence-electron chi connectivity index (χ4n) is 2.17. The fourth-order valence-corrected chi connectivity index (χ4v) is 2.95. The standard InChI is InChI=1S/C14H21N3O3S/c1-10(14(19)17-4-6-20-7-5-17)15-9-13-12(3-8-21-13)16-11(2)18/h3,8,10,15H,4-7,9H2,1-2H3,(H,16,18). The highest BCUT2D eigenvalue weighted by molar-refractivity contribution is 7.10. The largest absolute Gasteiger partial charge is 0.378 e. The lowest BCUT2D eigenvalue weighted by Gasteiger charge is -2.29. The summed E-state index contributed by atoms with van der Waals surface area (Å²) in [5.41, 5.74) is 0.811. The van der Waals surface area contributed by atoms with E-state index in [9.17, 15) is 9.59 Å². The number of ether oxygens (including phenoxy) is 1. The maximum absolute atomic E-state index is 12.3. The van der Waals surface area contributed by atoms with Crippen LogP contribution in [0.5, 0.6) is 0 Å². The van der Waals surface area contributed by atoms with E-state index < -0.39 is 0 Å². The molecule has 0 radical (unpaired) electrons. The highest BCUT2D eigenvalue weighted by atomic mass is 32.1. The van der Waals surface area contributed by atoms with Gasteiger partial charge >= 0.3 is 0 Å². The predicted molar refractivity (Wildman–Crippen MR) is 82.3 cm³/mol. The minimum Gasteiger partial charge on any atom is -0.378 e. The summed E-state index contributed by atoms with van der Waals surface area (Å²) in [5, 5.41) is 7.94. The first-order valence-electron chi connectivity index (χ1n) is 7.02. The Balaban J connectivity index is 1.85. The van der Waals surface area contributed by atoms with Crippen molar-refractivity contribution < 1.29 is 14.3 Å². The van der Waals surface area contributed by atoms with Gasteiger partial charge in [-0.25, -0.2) is 0 Å². The Bertz CT molecular complexity index is 497. The number of hydrogen-bond acceptors (Lipinski definition) is 5. The number of carbonyl (C=O) groups is 2. The number of thiophene rings is 1. The molecule has 0 aliphatic carbocycles. The van der Waals surface area contributed by atoms with Crippen LogP contribution in [0.15, 0.2) is 11.4 Å². The third-order valence-electron chi connectivity index (χ3n) is 3.32. The molecule has 21 heavy (non-hydrogen) atoms. The Labute approximate surface area is 128 Å². The van der Waals surface area contributed by atoms with Crippen LogP contribution in [0.1, 0.15) is 18.7 Å². The summed E-state index contributed by atoms with van der Waals surface area (Å²) in [5.74, 6) is 0.00280. The van der Waals surface area contributed by atoms with Gasteiger partial charge in [-0.15, -0.1) is 11.3 Å². The van der Waals surface area contributed by atoms with Crippen molar-refractivity contribution in [1.29, 1.82) is 0 Å². The van der Waals surface area contributed by atoms with Crippen LogP contribution in [0, 0.1) is 0 Å². The Morgan fingerprint density at radius 2 is 2.14 bits per heavy atom. The van der Waals surface area contributed by atoms with Gasteiger partial charge in [-0.05, 0) is 18.4 Å². The summed E-state index contributed by atoms with van der Waals surface area (Å²) in [7, 11) is 0. The van der Waals surface area contributed by atoms with Gasteiger partial charge in [0.1, 0.15) is 0 Å². The molecule has 2 heterocycles. The number of rotatable bonds is 5. The summed E-state index contributed by atoms with van der Waals surface area (Å²) < 4.78 is 5.25. The van der Waals surface area contributed by atoms with E-state index in [2.05, 4.69) is 10.6 Å². The molecule has 0 bridgehead atoms. The molecule has 2 amide bonds. The molecule has 0 spiro atoms. The summed E-state index contributed by atoms with van der Waals surface area (Å²) >= 11 is 1.56. The topological polar surface area (TPSA) is 70.7 Å². The first-order chi connectivity index (χ1) is 10.1. The van der Waals surface area contributed by atoms with E-state index in [-0.39, 0.29) is 17.9 Å². The maximum Gasteiger partial charge on any atom is 0.239 e. The molecule has 1 unspecified atom stereocenters. The van der Waals surface area contributed by atoms with Crippen molar-refractivity contribution in [2.24, 2.45) is 0 Å². The Hall–Kier alpha value is -1.44. The Morgan fingerprint density at radius 1 is 1.43 bits per heavy atom. The summed E-state index contributed by atoms with van der Waals surface area (Å²) in [6.45, 7) is 6.43. The first-order valence-corrected chi connectivity index (χ1v) is 7.89. The lowest BCUT2D eigenvalue weighted by atomic mass is 10.2. The summed E-state index contributed by atoms with van der Waals surface area (Å²) in [6.07, 6.45) is 0. The van der Waals surface area contributed by atoms with Crippen LogP contribution >= 0.6 is 11.3 Å². The maximum atomic E-state index is 12.3. The monoisotopic (exact) mass is 311 g/mol. The Morgan fingerprint density at radius 3 is 2.81 bits per heavy atom. The van der Waals surface area contributed by atoms with Crippen molar-refractivity contribution in [2.45, 2.75) is 26.4 Å². The second-order valence-corrected chi connectivity index (χ2v) is 5.98. The number of morpholine rings is 1. The van der Waals surface area contributed by atoms with Crippen LogP contribution < -0.4 is 10.6 Å². The molecule has 1 aliphatic heterocycles. The third kappa shape index (κ3) is 4.52. The molecule has 1 aliphatic rings. The van der Waals surface area contributed by atoms with E-state index in [1.54, 1.807) is 11.3 Å². The number of nitrogens with one attached hydrogen (secondary N) is 2. The lowest BCUT2D eigenvalue weighted by molar-refractivity contribution is -0.137. The molecule has 0 saturated carbocycles. The van der Waals surface area contributed by atoms with Gasteiger partial charge in [-0.2, -0.15) is 0 Å². The van der Waals surface area contributed by atoms with Crippen molar-refractivity contribution >= 4 is 28.8 Å². The van der Waals surface area contributed by atoms with E-state index in [1.165, 1.54) is 6.92 Å². The van der Waals surface area contributed by atoms with Crippen LogP contribution in [0.2, 0.25) is 0 Å². The van der Waals surface area contributed by atoms with Crippen LogP contribution in [0.4, 0.5) is 5.69 Å². The average Bonchev–Trinajstić information content (AvgIpc) is 2.91. The molecule has 1 saturated heterocycles. The van der Waals surface area contributed by atoms with E-state index >= 15 is 0 Å². The number of nitrogens with zero attached hydrogens (tertiary/aromatic N) is 1. The van der Waals surface area contributed by atoms with Gasteiger partial charge in [-0.1, -0.05) is 0 Å². The smallest absolute Gasteiger partial charge is 0.239 e. The van der Waals surface area contributed by atoms with Crippen molar-refractivity contribution in [1.82, 2.24) is 10.2 Å². The first kappa shape index (κ1) is 15.9. The van der Waals surface area contributed by atoms with Gasteiger partial charge in [0.15, 0.2) is 0 Å². The quantitative estimate of drug-likeness (QED) is 0.852. The molecule has 2 N–H and O–H groups in total. The molecule has 116 valence electrons. The third-order valence-corrected chi connectivity index (χ3v) is 4.24. The molecular formula is C14H21N3O3S.